The number of rotatable bonds is 4. The van der Waals surface area contributed by atoms with Gasteiger partial charge in [0.05, 0.1) is 5.88 Å². The number of sulfone groups is 1. The Balaban J connectivity index is 3.14. The van der Waals surface area contributed by atoms with Gasteiger partial charge in [-0.05, 0) is 13.8 Å². The summed E-state index contributed by atoms with van der Waals surface area (Å²) < 4.78 is 24.1. The van der Waals surface area contributed by atoms with Crippen LogP contribution in [-0.2, 0) is 21.5 Å². The van der Waals surface area contributed by atoms with Crippen LogP contribution in [0.15, 0.2) is 0 Å². The Morgan fingerprint density at radius 3 is 2.27 bits per heavy atom. The Kier molecular flexibility index (Phi) is 3.72. The highest BCUT2D eigenvalue weighted by atomic mass is 35.5. The Bertz CT molecular complexity index is 439. The predicted molar refractivity (Wildman–Crippen MR) is 58.5 cm³/mol. The fourth-order valence-electron chi connectivity index (χ4n) is 1.38. The van der Waals surface area contributed by atoms with Crippen molar-refractivity contribution in [2.24, 2.45) is 0 Å². The maximum absolute atomic E-state index is 11.2. The largest absolute Gasteiger partial charge is 0.311 e. The Labute approximate surface area is 94.4 Å². The number of nitrogens with zero attached hydrogens (tertiary/aromatic N) is 3. The lowest BCUT2D eigenvalue weighted by atomic mass is 10.3. The molecule has 0 spiro atoms. The summed E-state index contributed by atoms with van der Waals surface area (Å²) in [6.45, 7) is 3.87. The van der Waals surface area contributed by atoms with Gasteiger partial charge in [-0.1, -0.05) is 0 Å². The topological polar surface area (TPSA) is 64.8 Å². The normalized spacial score (nSPS) is 12.3. The lowest BCUT2D eigenvalue weighted by molar-refractivity contribution is 0.555. The van der Waals surface area contributed by atoms with Crippen LogP contribution in [0.25, 0.3) is 0 Å². The van der Waals surface area contributed by atoms with Crippen molar-refractivity contribution in [3.05, 3.63) is 11.6 Å². The number of alkyl halides is 1. The minimum absolute atomic E-state index is 0.102. The van der Waals surface area contributed by atoms with Gasteiger partial charge >= 0.3 is 0 Å². The summed E-state index contributed by atoms with van der Waals surface area (Å²) in [7, 11) is -3.09. The number of hydrogen-bond acceptors (Lipinski definition) is 4. The van der Waals surface area contributed by atoms with Gasteiger partial charge in [-0.15, -0.1) is 21.8 Å². The highest BCUT2D eigenvalue weighted by Gasteiger charge is 2.17. The van der Waals surface area contributed by atoms with Crippen LogP contribution in [-0.4, -0.2) is 29.4 Å². The summed E-state index contributed by atoms with van der Waals surface area (Å²) >= 11 is 5.69. The first kappa shape index (κ1) is 12.4. The molecule has 0 fully saturated rings. The molecule has 0 aliphatic heterocycles. The third-order valence-electron chi connectivity index (χ3n) is 1.86. The van der Waals surface area contributed by atoms with E-state index >= 15 is 0 Å². The second kappa shape index (κ2) is 4.49. The molecule has 0 bridgehead atoms. The van der Waals surface area contributed by atoms with Crippen molar-refractivity contribution in [2.45, 2.75) is 31.5 Å². The summed E-state index contributed by atoms with van der Waals surface area (Å²) in [6, 6.07) is 0.102. The molecule has 0 saturated heterocycles. The van der Waals surface area contributed by atoms with Gasteiger partial charge in [-0.3, -0.25) is 0 Å². The average molecular weight is 252 g/mol. The van der Waals surface area contributed by atoms with Crippen LogP contribution < -0.4 is 0 Å². The van der Waals surface area contributed by atoms with Gasteiger partial charge in [-0.2, -0.15) is 0 Å². The highest BCUT2D eigenvalue weighted by Crippen LogP contribution is 2.14. The lowest BCUT2D eigenvalue weighted by Gasteiger charge is -2.12. The first-order valence-corrected chi connectivity index (χ1v) is 7.11. The van der Waals surface area contributed by atoms with Crippen LogP contribution >= 0.6 is 11.6 Å². The van der Waals surface area contributed by atoms with Crippen LogP contribution in [0.1, 0.15) is 31.5 Å². The molecule has 0 N–H and O–H groups in total. The highest BCUT2D eigenvalue weighted by molar-refractivity contribution is 7.89. The predicted octanol–water partition coefficient (Wildman–Crippen LogP) is 1.14. The molecule has 0 aromatic carbocycles. The minimum Gasteiger partial charge on any atom is -0.311 e. The number of halogens is 1. The van der Waals surface area contributed by atoms with Crippen LogP contribution in [0.2, 0.25) is 0 Å². The Hall–Kier alpha value is -0.620. The monoisotopic (exact) mass is 251 g/mol. The Morgan fingerprint density at radius 1 is 1.33 bits per heavy atom. The first-order valence-electron chi connectivity index (χ1n) is 4.51. The molecular formula is C8H14ClN3O2S. The van der Waals surface area contributed by atoms with Gasteiger partial charge in [0.25, 0.3) is 0 Å². The fraction of sp³-hybridized carbons (Fsp3) is 0.750. The summed E-state index contributed by atoms with van der Waals surface area (Å²) in [5.74, 6) is 1.18. The second-order valence-corrected chi connectivity index (χ2v) is 6.11. The van der Waals surface area contributed by atoms with Crippen molar-refractivity contribution in [3.63, 3.8) is 0 Å². The van der Waals surface area contributed by atoms with Crippen molar-refractivity contribution in [2.75, 3.05) is 6.26 Å². The van der Waals surface area contributed by atoms with E-state index in [-0.39, 0.29) is 17.7 Å². The van der Waals surface area contributed by atoms with Gasteiger partial charge in [0.1, 0.15) is 17.4 Å². The van der Waals surface area contributed by atoms with Crippen molar-refractivity contribution in [1.29, 1.82) is 0 Å². The van der Waals surface area contributed by atoms with Crippen molar-refractivity contribution < 1.29 is 8.42 Å². The third-order valence-corrected chi connectivity index (χ3v) is 2.89. The molecule has 5 nitrogen and oxygen atoms in total. The molecule has 0 radical (unpaired) electrons. The number of hydrogen-bond donors (Lipinski definition) is 0. The standard InChI is InChI=1S/C8H14ClN3O2S/c1-6(2)12-7(4-9)10-11-8(12)5-15(3,13)14/h6H,4-5H2,1-3H3. The van der Waals surface area contributed by atoms with E-state index in [2.05, 4.69) is 10.2 Å². The van der Waals surface area contributed by atoms with E-state index in [0.29, 0.717) is 11.6 Å². The van der Waals surface area contributed by atoms with E-state index in [1.165, 1.54) is 6.26 Å². The Morgan fingerprint density at radius 2 is 1.87 bits per heavy atom. The van der Waals surface area contributed by atoms with Gasteiger partial charge < -0.3 is 4.57 Å². The molecule has 86 valence electrons. The van der Waals surface area contributed by atoms with Gasteiger partial charge in [-0.25, -0.2) is 8.42 Å². The van der Waals surface area contributed by atoms with Crippen molar-refractivity contribution in [3.8, 4) is 0 Å². The minimum atomic E-state index is -3.09. The van der Waals surface area contributed by atoms with E-state index in [0.717, 1.165) is 0 Å². The maximum Gasteiger partial charge on any atom is 0.154 e. The second-order valence-electron chi connectivity index (χ2n) is 3.70. The van der Waals surface area contributed by atoms with Gasteiger partial charge in [0.15, 0.2) is 9.84 Å². The van der Waals surface area contributed by atoms with Gasteiger partial charge in [0, 0.05) is 12.3 Å². The van der Waals surface area contributed by atoms with E-state index in [1.54, 1.807) is 4.57 Å². The molecule has 0 aliphatic carbocycles. The molecule has 0 aliphatic rings. The van der Waals surface area contributed by atoms with Crippen LogP contribution in [0.4, 0.5) is 0 Å². The van der Waals surface area contributed by atoms with Crippen molar-refractivity contribution >= 4 is 21.4 Å². The lowest BCUT2D eigenvalue weighted by Crippen LogP contribution is -2.13. The zero-order valence-corrected chi connectivity index (χ0v) is 10.5. The van der Waals surface area contributed by atoms with E-state index in [1.807, 2.05) is 13.8 Å². The molecule has 1 aromatic rings. The van der Waals surface area contributed by atoms with Crippen LogP contribution in [0, 0.1) is 0 Å². The van der Waals surface area contributed by atoms with Gasteiger partial charge in [0.2, 0.25) is 0 Å². The summed E-state index contributed by atoms with van der Waals surface area (Å²) in [5, 5.41) is 7.70. The number of aromatic nitrogens is 3. The quantitative estimate of drug-likeness (QED) is 0.753. The molecule has 0 amide bonds. The van der Waals surface area contributed by atoms with Crippen molar-refractivity contribution in [1.82, 2.24) is 14.8 Å². The molecule has 7 heteroatoms. The zero-order valence-electron chi connectivity index (χ0n) is 8.94. The average Bonchev–Trinajstić information content (AvgIpc) is 2.44. The first-order chi connectivity index (χ1) is 6.85. The van der Waals surface area contributed by atoms with Crippen LogP contribution in [0.3, 0.4) is 0 Å². The summed E-state index contributed by atoms with van der Waals surface area (Å²) in [5.41, 5.74) is 0. The molecule has 15 heavy (non-hydrogen) atoms. The zero-order chi connectivity index (χ0) is 11.6. The maximum atomic E-state index is 11.2. The summed E-state index contributed by atoms with van der Waals surface area (Å²) in [4.78, 5) is 0. The molecular weight excluding hydrogens is 238 g/mol. The van der Waals surface area contributed by atoms with Crippen LogP contribution in [0.5, 0.6) is 0 Å². The molecule has 0 unspecified atom stereocenters. The fourth-order valence-corrected chi connectivity index (χ4v) is 2.23. The molecule has 0 saturated carbocycles. The van der Waals surface area contributed by atoms with E-state index in [9.17, 15) is 8.42 Å². The van der Waals surface area contributed by atoms with E-state index < -0.39 is 9.84 Å². The molecule has 0 atom stereocenters. The van der Waals surface area contributed by atoms with E-state index in [4.69, 9.17) is 11.6 Å². The molecule has 1 aromatic heterocycles. The smallest absolute Gasteiger partial charge is 0.154 e. The summed E-state index contributed by atoms with van der Waals surface area (Å²) in [6.07, 6.45) is 1.17. The SMILES string of the molecule is CC(C)n1c(CCl)nnc1CS(C)(=O)=O. The molecule has 1 rings (SSSR count). The third kappa shape index (κ3) is 3.17. The molecule has 1 heterocycles.